The molecule has 2 aromatic heterocycles. The number of aromatic nitrogens is 1. The zero-order chi connectivity index (χ0) is 18.9. The molecule has 0 aliphatic carbocycles. The lowest BCUT2D eigenvalue weighted by Crippen LogP contribution is -2.20. The Kier molecular flexibility index (Phi) is 4.33. The zero-order valence-electron chi connectivity index (χ0n) is 15.2. The lowest BCUT2D eigenvalue weighted by molar-refractivity contribution is 0.0997. The lowest BCUT2D eigenvalue weighted by Gasteiger charge is -2.21. The standard InChI is InChI=1S/C22H19N3O2S/c26-21(23-15-7-1-3-9-17(15)25-13-5-6-14-25)18-11-12-19(27-18)22-24-16-8-2-4-10-20(16)28-22/h1-4,7-12H,5-6,13-14H2,(H,23,26). The predicted molar refractivity (Wildman–Crippen MR) is 113 cm³/mol. The number of nitrogens with one attached hydrogen (secondary N) is 1. The Hall–Kier alpha value is -3.12. The predicted octanol–water partition coefficient (Wildman–Crippen LogP) is 5.41. The van der Waals surface area contributed by atoms with Crippen LogP contribution in [-0.2, 0) is 0 Å². The first-order valence-corrected chi connectivity index (χ1v) is 10.2. The maximum Gasteiger partial charge on any atom is 0.291 e. The van der Waals surface area contributed by atoms with Crippen LogP contribution in [0.3, 0.4) is 0 Å². The van der Waals surface area contributed by atoms with Crippen LogP contribution >= 0.6 is 11.3 Å². The topological polar surface area (TPSA) is 58.4 Å². The molecular formula is C22H19N3O2S. The quantitative estimate of drug-likeness (QED) is 0.507. The molecule has 28 heavy (non-hydrogen) atoms. The molecule has 1 aliphatic rings. The van der Waals surface area contributed by atoms with Crippen molar-refractivity contribution in [1.29, 1.82) is 0 Å². The van der Waals surface area contributed by atoms with Gasteiger partial charge in [0.05, 0.1) is 21.6 Å². The van der Waals surface area contributed by atoms with Crippen LogP contribution in [0, 0.1) is 0 Å². The fourth-order valence-corrected chi connectivity index (χ4v) is 4.48. The minimum atomic E-state index is -0.251. The molecule has 140 valence electrons. The van der Waals surface area contributed by atoms with Crippen molar-refractivity contribution in [3.05, 3.63) is 66.4 Å². The van der Waals surface area contributed by atoms with E-state index in [0.29, 0.717) is 5.76 Å². The molecule has 1 aliphatic heterocycles. The molecule has 0 atom stereocenters. The Balaban J connectivity index is 1.38. The monoisotopic (exact) mass is 389 g/mol. The van der Waals surface area contributed by atoms with Crippen LogP contribution in [0.2, 0.25) is 0 Å². The van der Waals surface area contributed by atoms with Gasteiger partial charge in [-0.1, -0.05) is 24.3 Å². The van der Waals surface area contributed by atoms with E-state index in [4.69, 9.17) is 4.42 Å². The summed E-state index contributed by atoms with van der Waals surface area (Å²) in [6, 6.07) is 19.4. The number of hydrogen-bond acceptors (Lipinski definition) is 5. The molecule has 0 saturated carbocycles. The van der Waals surface area contributed by atoms with Gasteiger partial charge < -0.3 is 14.6 Å². The largest absolute Gasteiger partial charge is 0.448 e. The molecule has 5 nitrogen and oxygen atoms in total. The zero-order valence-corrected chi connectivity index (χ0v) is 16.0. The number of nitrogens with zero attached hydrogens (tertiary/aromatic N) is 2. The average Bonchev–Trinajstić information content (AvgIpc) is 3.48. The van der Waals surface area contributed by atoms with Gasteiger partial charge in [-0.25, -0.2) is 4.98 Å². The molecule has 0 unspecified atom stereocenters. The third kappa shape index (κ3) is 3.16. The molecule has 0 radical (unpaired) electrons. The normalized spacial score (nSPS) is 13.9. The van der Waals surface area contributed by atoms with E-state index in [0.717, 1.165) is 39.7 Å². The molecule has 1 saturated heterocycles. The summed E-state index contributed by atoms with van der Waals surface area (Å²) >= 11 is 1.56. The number of hydrogen-bond donors (Lipinski definition) is 1. The van der Waals surface area contributed by atoms with Crippen LogP contribution in [0.5, 0.6) is 0 Å². The number of amides is 1. The summed E-state index contributed by atoms with van der Waals surface area (Å²) in [5, 5.41) is 3.78. The van der Waals surface area contributed by atoms with Crippen LogP contribution in [0.1, 0.15) is 23.4 Å². The van der Waals surface area contributed by atoms with E-state index in [1.165, 1.54) is 12.8 Å². The number of carbonyl (C=O) groups is 1. The van der Waals surface area contributed by atoms with Gasteiger partial charge in [-0.2, -0.15) is 0 Å². The van der Waals surface area contributed by atoms with Gasteiger partial charge in [0.1, 0.15) is 0 Å². The summed E-state index contributed by atoms with van der Waals surface area (Å²) in [5.74, 6) is 0.642. The van der Waals surface area contributed by atoms with Gasteiger partial charge in [0, 0.05) is 13.1 Å². The molecule has 3 heterocycles. The van der Waals surface area contributed by atoms with Gasteiger partial charge in [-0.05, 0) is 49.2 Å². The minimum absolute atomic E-state index is 0.251. The molecule has 0 spiro atoms. The lowest BCUT2D eigenvalue weighted by atomic mass is 10.2. The molecule has 1 N–H and O–H groups in total. The van der Waals surface area contributed by atoms with Gasteiger partial charge in [0.15, 0.2) is 16.5 Å². The number of furan rings is 1. The Bertz CT molecular complexity index is 1110. The fourth-order valence-electron chi connectivity index (χ4n) is 3.55. The average molecular weight is 389 g/mol. The second kappa shape index (κ2) is 7.13. The second-order valence-electron chi connectivity index (χ2n) is 6.82. The van der Waals surface area contributed by atoms with Crippen molar-refractivity contribution < 1.29 is 9.21 Å². The van der Waals surface area contributed by atoms with E-state index in [9.17, 15) is 4.79 Å². The minimum Gasteiger partial charge on any atom is -0.448 e. The molecule has 1 amide bonds. The van der Waals surface area contributed by atoms with Gasteiger partial charge in [0.2, 0.25) is 0 Å². The van der Waals surface area contributed by atoms with E-state index < -0.39 is 0 Å². The van der Waals surface area contributed by atoms with Crippen LogP contribution in [-0.4, -0.2) is 24.0 Å². The van der Waals surface area contributed by atoms with Crippen LogP contribution in [0.4, 0.5) is 11.4 Å². The smallest absolute Gasteiger partial charge is 0.291 e. The maximum atomic E-state index is 12.8. The van der Waals surface area contributed by atoms with Crippen molar-refractivity contribution in [3.63, 3.8) is 0 Å². The highest BCUT2D eigenvalue weighted by atomic mass is 32.1. The number of carbonyl (C=O) groups excluding carboxylic acids is 1. The molecule has 2 aromatic carbocycles. The molecule has 0 bridgehead atoms. The number of fused-ring (bicyclic) bond motifs is 1. The molecule has 5 rings (SSSR count). The number of anilines is 2. The highest BCUT2D eigenvalue weighted by molar-refractivity contribution is 7.21. The van der Waals surface area contributed by atoms with Crippen molar-refractivity contribution in [1.82, 2.24) is 4.98 Å². The summed E-state index contributed by atoms with van der Waals surface area (Å²) in [6.45, 7) is 2.05. The van der Waals surface area contributed by atoms with Gasteiger partial charge in [-0.3, -0.25) is 4.79 Å². The Morgan fingerprint density at radius 1 is 1.00 bits per heavy atom. The Morgan fingerprint density at radius 3 is 2.64 bits per heavy atom. The third-order valence-corrected chi connectivity index (χ3v) is 5.98. The van der Waals surface area contributed by atoms with Gasteiger partial charge in [-0.15, -0.1) is 11.3 Å². The highest BCUT2D eigenvalue weighted by Crippen LogP contribution is 2.32. The van der Waals surface area contributed by atoms with Crippen LogP contribution in [0.15, 0.2) is 65.1 Å². The maximum absolute atomic E-state index is 12.8. The molecule has 1 fully saturated rings. The van der Waals surface area contributed by atoms with E-state index in [2.05, 4.69) is 21.3 Å². The first-order valence-electron chi connectivity index (χ1n) is 9.39. The SMILES string of the molecule is O=C(Nc1ccccc1N1CCCC1)c1ccc(-c2nc3ccccc3s2)o1. The summed E-state index contributed by atoms with van der Waals surface area (Å²) < 4.78 is 6.92. The van der Waals surface area contributed by atoms with Crippen molar-refractivity contribution in [2.24, 2.45) is 0 Å². The van der Waals surface area contributed by atoms with Crippen molar-refractivity contribution in [2.75, 3.05) is 23.3 Å². The Labute approximate surface area is 166 Å². The third-order valence-electron chi connectivity index (χ3n) is 4.93. The highest BCUT2D eigenvalue weighted by Gasteiger charge is 2.19. The summed E-state index contributed by atoms with van der Waals surface area (Å²) in [5.41, 5.74) is 2.81. The summed E-state index contributed by atoms with van der Waals surface area (Å²) in [7, 11) is 0. The van der Waals surface area contributed by atoms with Crippen molar-refractivity contribution in [3.8, 4) is 10.8 Å². The second-order valence-corrected chi connectivity index (χ2v) is 7.85. The first-order chi connectivity index (χ1) is 13.8. The first kappa shape index (κ1) is 17.0. The van der Waals surface area contributed by atoms with E-state index >= 15 is 0 Å². The fraction of sp³-hybridized carbons (Fsp3) is 0.182. The molecule has 6 heteroatoms. The number of para-hydroxylation sites is 3. The Morgan fingerprint density at radius 2 is 1.79 bits per heavy atom. The number of thiazole rings is 1. The molecule has 4 aromatic rings. The van der Waals surface area contributed by atoms with Crippen molar-refractivity contribution in [2.45, 2.75) is 12.8 Å². The summed E-state index contributed by atoms with van der Waals surface area (Å²) in [6.07, 6.45) is 2.37. The van der Waals surface area contributed by atoms with E-state index in [-0.39, 0.29) is 11.7 Å². The number of benzene rings is 2. The van der Waals surface area contributed by atoms with Crippen LogP contribution < -0.4 is 10.2 Å². The number of rotatable bonds is 4. The summed E-state index contributed by atoms with van der Waals surface area (Å²) in [4.78, 5) is 19.7. The van der Waals surface area contributed by atoms with E-state index in [1.807, 2.05) is 42.5 Å². The van der Waals surface area contributed by atoms with E-state index in [1.54, 1.807) is 23.5 Å². The van der Waals surface area contributed by atoms with Gasteiger partial charge >= 0.3 is 0 Å². The van der Waals surface area contributed by atoms with Crippen LogP contribution in [0.25, 0.3) is 21.0 Å². The molecular weight excluding hydrogens is 370 g/mol. The van der Waals surface area contributed by atoms with Crippen molar-refractivity contribution >= 4 is 38.8 Å². The van der Waals surface area contributed by atoms with Gasteiger partial charge in [0.25, 0.3) is 5.91 Å².